The van der Waals surface area contributed by atoms with Gasteiger partial charge in [0.1, 0.15) is 33.7 Å². The molecule has 0 aromatic carbocycles. The number of hydrogen-bond donors (Lipinski definition) is 0. The van der Waals surface area contributed by atoms with Crippen LogP contribution in [0.4, 0.5) is 0 Å². The first-order chi connectivity index (χ1) is 12.3. The molecule has 0 N–H and O–H groups in total. The highest BCUT2D eigenvalue weighted by molar-refractivity contribution is 7.18. The van der Waals surface area contributed by atoms with Crippen LogP contribution < -0.4 is 0 Å². The molecule has 1 aliphatic carbocycles. The van der Waals surface area contributed by atoms with Crippen molar-refractivity contribution in [1.29, 1.82) is 0 Å². The maximum absolute atomic E-state index is 5.99. The second kappa shape index (κ2) is 7.14. The number of fused-ring (bicyclic) bond motifs is 1. The van der Waals surface area contributed by atoms with Crippen LogP contribution in [0, 0.1) is 0 Å². The highest BCUT2D eigenvalue weighted by atomic mass is 32.1. The fourth-order valence-corrected chi connectivity index (χ4v) is 3.52. The number of pyridine rings is 1. The molecule has 128 valence electrons. The molecular weight excluding hydrogens is 336 g/mol. The Balaban J connectivity index is 1.63. The minimum absolute atomic E-state index is 0.600. The van der Waals surface area contributed by atoms with Crippen molar-refractivity contribution < 1.29 is 9.25 Å². The summed E-state index contributed by atoms with van der Waals surface area (Å²) < 4.78 is 5.99. The zero-order valence-electron chi connectivity index (χ0n) is 13.9. The Labute approximate surface area is 149 Å². The summed E-state index contributed by atoms with van der Waals surface area (Å²) in [6, 6.07) is 3.89. The molecule has 4 rings (SSSR count). The quantitative estimate of drug-likeness (QED) is 0.504. The van der Waals surface area contributed by atoms with Gasteiger partial charge in [0, 0.05) is 24.4 Å². The number of rotatable bonds is 5. The average molecular weight is 354 g/mol. The summed E-state index contributed by atoms with van der Waals surface area (Å²) in [7, 11) is 0. The minimum atomic E-state index is 0.600. The van der Waals surface area contributed by atoms with Gasteiger partial charge in [-0.2, -0.15) is 0 Å². The van der Waals surface area contributed by atoms with Crippen LogP contribution in [0.1, 0.15) is 37.6 Å². The summed E-state index contributed by atoms with van der Waals surface area (Å²) in [6.07, 6.45) is 9.04. The van der Waals surface area contributed by atoms with Crippen LogP contribution in [-0.4, -0.2) is 27.3 Å². The van der Waals surface area contributed by atoms with Crippen molar-refractivity contribution in [2.24, 2.45) is 5.16 Å². The molecule has 0 atom stereocenters. The molecule has 0 spiro atoms. The molecule has 7 heteroatoms. The third-order valence-corrected chi connectivity index (χ3v) is 4.92. The Morgan fingerprint density at radius 3 is 3.12 bits per heavy atom. The molecule has 3 aromatic heterocycles. The zero-order chi connectivity index (χ0) is 17.1. The largest absolute Gasteiger partial charge is 0.440 e. The van der Waals surface area contributed by atoms with E-state index in [1.807, 2.05) is 12.1 Å². The van der Waals surface area contributed by atoms with Crippen molar-refractivity contribution in [2.45, 2.75) is 32.6 Å². The maximum Gasteiger partial charge on any atom is 0.238 e. The van der Waals surface area contributed by atoms with Crippen molar-refractivity contribution >= 4 is 17.0 Å². The van der Waals surface area contributed by atoms with Crippen LogP contribution in [0.25, 0.3) is 21.3 Å². The number of nitrogens with zero attached hydrogens (tertiary/aromatic N) is 4. The maximum atomic E-state index is 5.99. The molecule has 3 heterocycles. The Morgan fingerprint density at radius 2 is 2.28 bits per heavy atom. The second-order valence-corrected chi connectivity index (χ2v) is 6.82. The standard InChI is InChI=1S/C18H18N4O2S/c1-2-9-23-22-13-6-3-7-14-16(13)21-17(24-14)15-11-20-18(25-15)12-5-4-8-19-10-12/h4-5,8,10-11H,2-3,6-7,9H2,1H3/b22-13+. The first kappa shape index (κ1) is 16.0. The van der Waals surface area contributed by atoms with Crippen LogP contribution in [-0.2, 0) is 11.3 Å². The van der Waals surface area contributed by atoms with Crippen molar-refractivity contribution in [3.05, 3.63) is 42.2 Å². The third kappa shape index (κ3) is 3.32. The number of aryl methyl sites for hydroxylation is 1. The zero-order valence-corrected chi connectivity index (χ0v) is 14.8. The lowest BCUT2D eigenvalue weighted by Gasteiger charge is -2.10. The normalized spacial score (nSPS) is 15.3. The van der Waals surface area contributed by atoms with E-state index >= 15 is 0 Å². The van der Waals surface area contributed by atoms with E-state index in [0.29, 0.717) is 12.5 Å². The van der Waals surface area contributed by atoms with Gasteiger partial charge in [0.25, 0.3) is 0 Å². The SMILES string of the molecule is CCCO/N=C1\CCCc2oc(-c3cnc(-c4cccnc4)s3)nc21. The van der Waals surface area contributed by atoms with E-state index in [1.54, 1.807) is 29.9 Å². The molecule has 3 aromatic rings. The van der Waals surface area contributed by atoms with E-state index in [1.165, 1.54) is 0 Å². The Kier molecular flexibility index (Phi) is 4.56. The molecule has 1 aliphatic rings. The fraction of sp³-hybridized carbons (Fsp3) is 0.333. The van der Waals surface area contributed by atoms with Gasteiger partial charge in [0.05, 0.1) is 6.20 Å². The molecular formula is C18H18N4O2S. The molecule has 0 saturated heterocycles. The summed E-state index contributed by atoms with van der Waals surface area (Å²) in [5.74, 6) is 1.49. The number of oxime groups is 1. The van der Waals surface area contributed by atoms with Gasteiger partial charge in [-0.25, -0.2) is 9.97 Å². The summed E-state index contributed by atoms with van der Waals surface area (Å²) in [5.41, 5.74) is 2.70. The average Bonchev–Trinajstić information content (AvgIpc) is 3.30. The minimum Gasteiger partial charge on any atom is -0.440 e. The molecule has 0 aliphatic heterocycles. The molecule has 0 amide bonds. The summed E-state index contributed by atoms with van der Waals surface area (Å²) in [6.45, 7) is 2.68. The fourth-order valence-electron chi connectivity index (χ4n) is 2.69. The van der Waals surface area contributed by atoms with Crippen molar-refractivity contribution in [1.82, 2.24) is 15.0 Å². The summed E-state index contributed by atoms with van der Waals surface area (Å²) >= 11 is 1.55. The van der Waals surface area contributed by atoms with Crippen molar-refractivity contribution in [3.8, 4) is 21.3 Å². The first-order valence-corrected chi connectivity index (χ1v) is 9.22. The Bertz CT molecular complexity index is 886. The molecule has 0 radical (unpaired) electrons. The predicted octanol–water partition coefficient (Wildman–Crippen LogP) is 4.33. The lowest BCUT2D eigenvalue weighted by Crippen LogP contribution is -2.11. The number of oxazole rings is 1. The Hall–Kier alpha value is -2.54. The van der Waals surface area contributed by atoms with Gasteiger partial charge in [-0.1, -0.05) is 12.1 Å². The van der Waals surface area contributed by atoms with E-state index in [9.17, 15) is 0 Å². The number of hydrogen-bond acceptors (Lipinski definition) is 7. The Morgan fingerprint density at radius 1 is 1.32 bits per heavy atom. The highest BCUT2D eigenvalue weighted by Gasteiger charge is 2.24. The molecule has 25 heavy (non-hydrogen) atoms. The van der Waals surface area contributed by atoms with Gasteiger partial charge in [-0.3, -0.25) is 4.98 Å². The van der Waals surface area contributed by atoms with Gasteiger partial charge in [-0.05, 0) is 31.4 Å². The van der Waals surface area contributed by atoms with Crippen LogP contribution in [0.15, 0.2) is 40.3 Å². The van der Waals surface area contributed by atoms with Gasteiger partial charge in [0.2, 0.25) is 5.89 Å². The van der Waals surface area contributed by atoms with E-state index in [0.717, 1.165) is 58.3 Å². The monoisotopic (exact) mass is 354 g/mol. The van der Waals surface area contributed by atoms with Crippen LogP contribution >= 0.6 is 11.3 Å². The summed E-state index contributed by atoms with van der Waals surface area (Å²) in [4.78, 5) is 19.5. The van der Waals surface area contributed by atoms with Crippen LogP contribution in [0.2, 0.25) is 0 Å². The lowest BCUT2D eigenvalue weighted by molar-refractivity contribution is 0.144. The lowest BCUT2D eigenvalue weighted by atomic mass is 10.0. The van der Waals surface area contributed by atoms with E-state index < -0.39 is 0 Å². The molecule has 0 saturated carbocycles. The molecule has 0 bridgehead atoms. The van der Waals surface area contributed by atoms with Crippen molar-refractivity contribution in [2.75, 3.05) is 6.61 Å². The predicted molar refractivity (Wildman–Crippen MR) is 96.6 cm³/mol. The van der Waals surface area contributed by atoms with E-state index in [4.69, 9.17) is 9.25 Å². The molecule has 0 fully saturated rings. The van der Waals surface area contributed by atoms with Gasteiger partial charge < -0.3 is 9.25 Å². The first-order valence-electron chi connectivity index (χ1n) is 8.40. The van der Waals surface area contributed by atoms with Gasteiger partial charge in [-0.15, -0.1) is 11.3 Å². The van der Waals surface area contributed by atoms with Crippen molar-refractivity contribution in [3.63, 3.8) is 0 Å². The van der Waals surface area contributed by atoms with Crippen LogP contribution in [0.5, 0.6) is 0 Å². The number of aromatic nitrogens is 3. The van der Waals surface area contributed by atoms with E-state index in [-0.39, 0.29) is 0 Å². The van der Waals surface area contributed by atoms with Gasteiger partial charge in [0.15, 0.2) is 0 Å². The highest BCUT2D eigenvalue weighted by Crippen LogP contribution is 2.34. The summed E-state index contributed by atoms with van der Waals surface area (Å²) in [5, 5.41) is 5.15. The van der Waals surface area contributed by atoms with Crippen LogP contribution in [0.3, 0.4) is 0 Å². The molecule has 0 unspecified atom stereocenters. The molecule has 6 nitrogen and oxygen atoms in total. The second-order valence-electron chi connectivity index (χ2n) is 5.79. The topological polar surface area (TPSA) is 73.4 Å². The van der Waals surface area contributed by atoms with E-state index in [2.05, 4.69) is 27.0 Å². The third-order valence-electron chi connectivity index (χ3n) is 3.88. The number of thiazole rings is 1. The smallest absolute Gasteiger partial charge is 0.238 e. The van der Waals surface area contributed by atoms with Gasteiger partial charge >= 0.3 is 0 Å².